The van der Waals surface area contributed by atoms with Crippen molar-refractivity contribution in [3.63, 3.8) is 0 Å². The minimum atomic E-state index is -0.539. The quantitative estimate of drug-likeness (QED) is 0.663. The van der Waals surface area contributed by atoms with Crippen molar-refractivity contribution in [3.8, 4) is 11.5 Å². The highest BCUT2D eigenvalue weighted by Gasteiger charge is 2.35. The zero-order valence-corrected chi connectivity index (χ0v) is 15.2. The third-order valence-electron chi connectivity index (χ3n) is 4.82. The molecule has 0 aromatic heterocycles. The lowest BCUT2D eigenvalue weighted by Gasteiger charge is -2.38. The van der Waals surface area contributed by atoms with Crippen molar-refractivity contribution in [2.75, 3.05) is 17.0 Å². The van der Waals surface area contributed by atoms with Gasteiger partial charge >= 0.3 is 0 Å². The number of carbonyl (C=O) groups is 1. The van der Waals surface area contributed by atoms with E-state index in [-0.39, 0.29) is 17.7 Å². The Hall–Kier alpha value is -3.25. The van der Waals surface area contributed by atoms with Gasteiger partial charge < -0.3 is 14.8 Å². The molecule has 0 bridgehead atoms. The Balaban J connectivity index is 1.65. The predicted octanol–water partition coefficient (Wildman–Crippen LogP) is 4.98. The first-order valence-electron chi connectivity index (χ1n) is 8.65. The molecule has 0 fully saturated rings. The van der Waals surface area contributed by atoms with Crippen molar-refractivity contribution in [3.05, 3.63) is 82.6 Å². The number of nitrogens with zero attached hydrogens (tertiary/aromatic N) is 1. The van der Waals surface area contributed by atoms with E-state index in [1.807, 2.05) is 24.3 Å². The molecule has 3 aromatic rings. The maximum absolute atomic E-state index is 13.7. The third kappa shape index (κ3) is 2.65. The summed E-state index contributed by atoms with van der Waals surface area (Å²) in [5.41, 5.74) is 2.54. The average Bonchev–Trinajstić information content (AvgIpc) is 3.18. The number of amides is 1. The molecule has 5 rings (SSSR count). The maximum Gasteiger partial charge on any atom is 0.262 e. The zero-order chi connectivity index (χ0) is 19.3. The van der Waals surface area contributed by atoms with Gasteiger partial charge in [0.2, 0.25) is 6.79 Å². The predicted molar refractivity (Wildman–Crippen MR) is 104 cm³/mol. The van der Waals surface area contributed by atoms with Crippen molar-refractivity contribution >= 4 is 28.9 Å². The van der Waals surface area contributed by atoms with Gasteiger partial charge in [-0.2, -0.15) is 0 Å². The molecule has 2 aliphatic heterocycles. The van der Waals surface area contributed by atoms with Crippen LogP contribution in [0.25, 0.3) is 0 Å². The van der Waals surface area contributed by atoms with Gasteiger partial charge in [-0.05, 0) is 48.0 Å². The summed E-state index contributed by atoms with van der Waals surface area (Å²) in [6.45, 7) is 0.163. The SMILES string of the molecule is O=C1c2ccccc2NC(c2ccc3c(c2)OCO3)N1c1ccc(F)c(Cl)c1. The van der Waals surface area contributed by atoms with E-state index in [1.165, 1.54) is 18.2 Å². The van der Waals surface area contributed by atoms with Crippen LogP contribution in [-0.4, -0.2) is 12.7 Å². The lowest BCUT2D eigenvalue weighted by molar-refractivity contribution is 0.0975. The molecule has 5 nitrogen and oxygen atoms in total. The first-order valence-corrected chi connectivity index (χ1v) is 9.03. The molecule has 2 aliphatic rings. The molecule has 28 heavy (non-hydrogen) atoms. The van der Waals surface area contributed by atoms with E-state index in [0.717, 1.165) is 11.3 Å². The summed E-state index contributed by atoms with van der Waals surface area (Å²) >= 11 is 5.98. The van der Waals surface area contributed by atoms with Gasteiger partial charge in [0, 0.05) is 11.4 Å². The van der Waals surface area contributed by atoms with Crippen LogP contribution in [0.15, 0.2) is 60.7 Å². The molecule has 1 atom stereocenters. The molecule has 140 valence electrons. The fraction of sp³-hybridized carbons (Fsp3) is 0.0952. The number of carbonyl (C=O) groups excluding carboxylic acids is 1. The molecule has 0 aliphatic carbocycles. The molecule has 0 radical (unpaired) electrons. The lowest BCUT2D eigenvalue weighted by Crippen LogP contribution is -2.43. The van der Waals surface area contributed by atoms with Gasteiger partial charge in [-0.1, -0.05) is 29.8 Å². The number of hydrogen-bond acceptors (Lipinski definition) is 4. The number of ether oxygens (including phenoxy) is 2. The largest absolute Gasteiger partial charge is 0.454 e. The first-order chi connectivity index (χ1) is 13.6. The van der Waals surface area contributed by atoms with E-state index in [1.54, 1.807) is 23.1 Å². The summed E-state index contributed by atoms with van der Waals surface area (Å²) in [6.07, 6.45) is -0.529. The number of benzene rings is 3. The van der Waals surface area contributed by atoms with Gasteiger partial charge in [0.05, 0.1) is 10.6 Å². The second-order valence-electron chi connectivity index (χ2n) is 6.48. The van der Waals surface area contributed by atoms with Crippen LogP contribution in [0.5, 0.6) is 11.5 Å². The van der Waals surface area contributed by atoms with Gasteiger partial charge in [-0.25, -0.2) is 4.39 Å². The molecule has 1 N–H and O–H groups in total. The Morgan fingerprint density at radius 1 is 1.04 bits per heavy atom. The Morgan fingerprint density at radius 3 is 2.71 bits per heavy atom. The van der Waals surface area contributed by atoms with E-state index < -0.39 is 12.0 Å². The number of para-hydroxylation sites is 1. The smallest absolute Gasteiger partial charge is 0.262 e. The molecule has 1 unspecified atom stereocenters. The van der Waals surface area contributed by atoms with Crippen molar-refractivity contribution in [2.45, 2.75) is 6.17 Å². The van der Waals surface area contributed by atoms with Crippen LogP contribution in [0, 0.1) is 5.82 Å². The summed E-state index contributed by atoms with van der Waals surface area (Å²) < 4.78 is 24.5. The second-order valence-corrected chi connectivity index (χ2v) is 6.89. The number of nitrogens with one attached hydrogen (secondary N) is 1. The lowest BCUT2D eigenvalue weighted by atomic mass is 10.0. The van der Waals surface area contributed by atoms with Gasteiger partial charge in [0.1, 0.15) is 12.0 Å². The van der Waals surface area contributed by atoms with Crippen LogP contribution in [0.3, 0.4) is 0 Å². The zero-order valence-electron chi connectivity index (χ0n) is 14.5. The molecule has 7 heteroatoms. The van der Waals surface area contributed by atoms with Crippen LogP contribution in [0.2, 0.25) is 5.02 Å². The first kappa shape index (κ1) is 16.9. The summed E-state index contributed by atoms with van der Waals surface area (Å²) in [7, 11) is 0. The molecule has 2 heterocycles. The van der Waals surface area contributed by atoms with Crippen molar-refractivity contribution in [2.24, 2.45) is 0 Å². The van der Waals surface area contributed by atoms with Gasteiger partial charge in [-0.3, -0.25) is 9.69 Å². The Kier molecular flexibility index (Phi) is 3.87. The standard InChI is InChI=1S/C21H14ClFN2O3/c22-15-10-13(6-7-16(15)23)25-20(12-5-8-18-19(9-12)28-11-27-18)24-17-4-2-1-3-14(17)21(25)26/h1-10,20,24H,11H2. The van der Waals surface area contributed by atoms with Crippen LogP contribution in [0.4, 0.5) is 15.8 Å². The fourth-order valence-electron chi connectivity index (χ4n) is 3.47. The van der Waals surface area contributed by atoms with E-state index in [9.17, 15) is 9.18 Å². The summed E-state index contributed by atoms with van der Waals surface area (Å²) in [6, 6.07) is 17.0. The highest BCUT2D eigenvalue weighted by Crippen LogP contribution is 2.41. The monoisotopic (exact) mass is 396 g/mol. The topological polar surface area (TPSA) is 50.8 Å². The Labute approximate surface area is 165 Å². The molecular weight excluding hydrogens is 383 g/mol. The van der Waals surface area contributed by atoms with Crippen LogP contribution >= 0.6 is 11.6 Å². The number of halogens is 2. The van der Waals surface area contributed by atoms with E-state index >= 15 is 0 Å². The second kappa shape index (κ2) is 6.42. The number of rotatable bonds is 2. The molecule has 0 saturated carbocycles. The summed E-state index contributed by atoms with van der Waals surface area (Å²) in [5.74, 6) is 0.521. The number of anilines is 2. The van der Waals surface area contributed by atoms with Crippen LogP contribution < -0.4 is 19.7 Å². The third-order valence-corrected chi connectivity index (χ3v) is 5.11. The molecule has 0 spiro atoms. The van der Waals surface area contributed by atoms with Crippen molar-refractivity contribution in [1.29, 1.82) is 0 Å². The van der Waals surface area contributed by atoms with Crippen LogP contribution in [0.1, 0.15) is 22.1 Å². The highest BCUT2D eigenvalue weighted by molar-refractivity contribution is 6.31. The molecule has 3 aromatic carbocycles. The average molecular weight is 397 g/mol. The number of hydrogen-bond donors (Lipinski definition) is 1. The Bertz CT molecular complexity index is 1100. The van der Waals surface area contributed by atoms with Gasteiger partial charge in [0.25, 0.3) is 5.91 Å². The van der Waals surface area contributed by atoms with Gasteiger partial charge in [-0.15, -0.1) is 0 Å². The van der Waals surface area contributed by atoms with Crippen LogP contribution in [-0.2, 0) is 0 Å². The van der Waals surface area contributed by atoms with Crippen molar-refractivity contribution in [1.82, 2.24) is 0 Å². The van der Waals surface area contributed by atoms with E-state index in [4.69, 9.17) is 21.1 Å². The minimum Gasteiger partial charge on any atom is -0.454 e. The van der Waals surface area contributed by atoms with Gasteiger partial charge in [0.15, 0.2) is 11.5 Å². The number of fused-ring (bicyclic) bond motifs is 2. The fourth-order valence-corrected chi connectivity index (χ4v) is 3.65. The molecular formula is C21H14ClFN2O3. The summed E-state index contributed by atoms with van der Waals surface area (Å²) in [4.78, 5) is 14.9. The Morgan fingerprint density at radius 2 is 1.86 bits per heavy atom. The molecule has 0 saturated heterocycles. The highest BCUT2D eigenvalue weighted by atomic mass is 35.5. The molecule has 1 amide bonds. The van der Waals surface area contributed by atoms with Crippen molar-refractivity contribution < 1.29 is 18.7 Å². The normalized spacial score (nSPS) is 17.3. The summed E-state index contributed by atoms with van der Waals surface area (Å²) in [5, 5.41) is 3.34. The maximum atomic E-state index is 13.7. The van der Waals surface area contributed by atoms with E-state index in [2.05, 4.69) is 5.32 Å². The van der Waals surface area contributed by atoms with E-state index in [0.29, 0.717) is 22.7 Å². The minimum absolute atomic E-state index is 0.0476.